The largest absolute Gasteiger partial charge is 0.469 e. The second-order valence-electron chi connectivity index (χ2n) is 3.87. The Morgan fingerprint density at radius 1 is 1.40 bits per heavy atom. The van der Waals surface area contributed by atoms with E-state index in [1.54, 1.807) is 0 Å². The second kappa shape index (κ2) is 7.78. The molecule has 0 aliphatic carbocycles. The van der Waals surface area contributed by atoms with Gasteiger partial charge in [0.05, 0.1) is 12.1 Å². The third-order valence-corrected chi connectivity index (χ3v) is 4.52. The molecule has 1 aromatic heterocycles. The topological polar surface area (TPSA) is 85.4 Å². The van der Waals surface area contributed by atoms with Gasteiger partial charge in [0.1, 0.15) is 10.0 Å². The van der Waals surface area contributed by atoms with Gasteiger partial charge < -0.3 is 4.74 Å². The lowest BCUT2D eigenvalue weighted by Gasteiger charge is -2.07. The maximum Gasteiger partial charge on any atom is 0.305 e. The van der Waals surface area contributed by atoms with Gasteiger partial charge in [-0.2, -0.15) is 0 Å². The number of rotatable bonds is 7. The van der Waals surface area contributed by atoms with Crippen LogP contribution in [0, 0.1) is 0 Å². The Labute approximate surface area is 127 Å². The van der Waals surface area contributed by atoms with E-state index >= 15 is 0 Å². The van der Waals surface area contributed by atoms with Crippen molar-refractivity contribution in [1.82, 2.24) is 9.71 Å². The van der Waals surface area contributed by atoms with E-state index in [9.17, 15) is 13.2 Å². The zero-order chi connectivity index (χ0) is 15.2. The zero-order valence-electron chi connectivity index (χ0n) is 10.7. The van der Waals surface area contributed by atoms with Gasteiger partial charge in [-0.15, -0.1) is 0 Å². The first-order valence-corrected chi connectivity index (χ1v) is 7.98. The highest BCUT2D eigenvalue weighted by Gasteiger charge is 2.15. The number of carbonyl (C=O) groups is 1. The maximum atomic E-state index is 11.9. The van der Waals surface area contributed by atoms with Crippen LogP contribution < -0.4 is 4.72 Å². The number of sulfonamides is 1. The molecule has 0 aromatic carbocycles. The molecular weight excluding hydrogens is 327 g/mol. The smallest absolute Gasteiger partial charge is 0.305 e. The first kappa shape index (κ1) is 17.2. The van der Waals surface area contributed by atoms with Crippen molar-refractivity contribution < 1.29 is 17.9 Å². The van der Waals surface area contributed by atoms with Crippen LogP contribution in [0.1, 0.15) is 19.3 Å². The van der Waals surface area contributed by atoms with Crippen molar-refractivity contribution in [1.29, 1.82) is 0 Å². The van der Waals surface area contributed by atoms with E-state index in [0.717, 1.165) is 6.20 Å². The molecule has 0 aliphatic heterocycles. The molecule has 1 heterocycles. The predicted octanol–water partition coefficient (Wildman–Crippen LogP) is 2.01. The molecule has 0 amide bonds. The number of unbranched alkanes of at least 4 members (excludes halogenated alkanes) is 1. The molecule has 112 valence electrons. The van der Waals surface area contributed by atoms with E-state index in [4.69, 9.17) is 23.2 Å². The fraction of sp³-hybridized carbons (Fsp3) is 0.455. The molecule has 0 radical (unpaired) electrons. The summed E-state index contributed by atoms with van der Waals surface area (Å²) in [5, 5.41) is 0.115. The van der Waals surface area contributed by atoms with Gasteiger partial charge in [0, 0.05) is 19.2 Å². The number of esters is 1. The number of ether oxygens (including phenoxy) is 1. The molecular formula is C11H14Cl2N2O4S. The van der Waals surface area contributed by atoms with Gasteiger partial charge >= 0.3 is 5.97 Å². The van der Waals surface area contributed by atoms with Crippen molar-refractivity contribution in [2.24, 2.45) is 0 Å². The first-order chi connectivity index (χ1) is 9.36. The van der Waals surface area contributed by atoms with Gasteiger partial charge in [-0.3, -0.25) is 4.79 Å². The molecule has 6 nitrogen and oxygen atoms in total. The number of methoxy groups -OCH3 is 1. The minimum absolute atomic E-state index is 0.0451. The fourth-order valence-corrected chi connectivity index (χ4v) is 2.72. The molecule has 0 aliphatic rings. The van der Waals surface area contributed by atoms with Gasteiger partial charge in [-0.25, -0.2) is 18.1 Å². The number of nitrogens with zero attached hydrogens (tertiary/aromatic N) is 1. The first-order valence-electron chi connectivity index (χ1n) is 5.74. The highest BCUT2D eigenvalue weighted by atomic mass is 35.5. The third-order valence-electron chi connectivity index (χ3n) is 2.41. The summed E-state index contributed by atoms with van der Waals surface area (Å²) in [5.74, 6) is -0.318. The molecule has 0 saturated heterocycles. The minimum Gasteiger partial charge on any atom is -0.469 e. The minimum atomic E-state index is -3.68. The van der Waals surface area contributed by atoms with Crippen LogP contribution in [0.5, 0.6) is 0 Å². The predicted molar refractivity (Wildman–Crippen MR) is 75.3 cm³/mol. The van der Waals surface area contributed by atoms with Crippen molar-refractivity contribution in [2.45, 2.75) is 24.2 Å². The summed E-state index contributed by atoms with van der Waals surface area (Å²) in [6.07, 6.45) is 2.44. The molecule has 0 spiro atoms. The number of aromatic nitrogens is 1. The number of hydrogen-bond donors (Lipinski definition) is 1. The zero-order valence-corrected chi connectivity index (χ0v) is 13.1. The number of hydrogen-bond acceptors (Lipinski definition) is 5. The van der Waals surface area contributed by atoms with Crippen molar-refractivity contribution >= 4 is 39.2 Å². The summed E-state index contributed by atoms with van der Waals surface area (Å²) in [7, 11) is -2.37. The van der Waals surface area contributed by atoms with E-state index in [0.29, 0.717) is 12.8 Å². The Kier molecular flexibility index (Phi) is 6.67. The normalized spacial score (nSPS) is 11.3. The molecule has 0 unspecified atom stereocenters. The van der Waals surface area contributed by atoms with Crippen LogP contribution in [0.3, 0.4) is 0 Å². The van der Waals surface area contributed by atoms with E-state index < -0.39 is 10.0 Å². The average molecular weight is 341 g/mol. The molecule has 9 heteroatoms. The monoisotopic (exact) mass is 340 g/mol. The van der Waals surface area contributed by atoms with Crippen LogP contribution >= 0.6 is 23.2 Å². The van der Waals surface area contributed by atoms with Crippen molar-refractivity contribution in [3.05, 3.63) is 22.4 Å². The highest BCUT2D eigenvalue weighted by molar-refractivity contribution is 7.89. The quantitative estimate of drug-likeness (QED) is 0.466. The molecule has 1 N–H and O–H groups in total. The standard InChI is InChI=1S/C11H14Cl2N2O4S/c1-19-10(16)4-2-3-5-15-20(17,18)8-6-9(12)11(13)14-7-8/h6-7,15H,2-5H2,1H3. The van der Waals surface area contributed by atoms with Crippen LogP contribution in [0.2, 0.25) is 10.2 Å². The second-order valence-corrected chi connectivity index (χ2v) is 6.41. The molecule has 0 saturated carbocycles. The molecule has 0 fully saturated rings. The van der Waals surface area contributed by atoms with Crippen LogP contribution in [0.4, 0.5) is 0 Å². The molecule has 20 heavy (non-hydrogen) atoms. The highest BCUT2D eigenvalue weighted by Crippen LogP contribution is 2.21. The van der Waals surface area contributed by atoms with Crippen LogP contribution in [-0.4, -0.2) is 33.0 Å². The van der Waals surface area contributed by atoms with Gasteiger partial charge in [0.15, 0.2) is 0 Å². The van der Waals surface area contributed by atoms with Gasteiger partial charge in [-0.05, 0) is 18.9 Å². The number of pyridine rings is 1. The van der Waals surface area contributed by atoms with Gasteiger partial charge in [0.25, 0.3) is 0 Å². The number of halogens is 2. The van der Waals surface area contributed by atoms with E-state index in [-0.39, 0.29) is 34.0 Å². The lowest BCUT2D eigenvalue weighted by molar-refractivity contribution is -0.140. The Bertz CT molecular complexity index is 578. The summed E-state index contributed by atoms with van der Waals surface area (Å²) >= 11 is 11.3. The molecule has 0 atom stereocenters. The summed E-state index contributed by atoms with van der Waals surface area (Å²) in [6, 6.07) is 1.23. The Balaban J connectivity index is 2.49. The van der Waals surface area contributed by atoms with Gasteiger partial charge in [0.2, 0.25) is 10.0 Å². The molecule has 1 aromatic rings. The van der Waals surface area contributed by atoms with Crippen LogP contribution in [0.15, 0.2) is 17.2 Å². The Hall–Kier alpha value is -0.890. The molecule has 1 rings (SSSR count). The average Bonchev–Trinajstić information content (AvgIpc) is 2.40. The summed E-state index contributed by atoms with van der Waals surface area (Å²) < 4.78 is 30.7. The summed E-state index contributed by atoms with van der Waals surface area (Å²) in [5.41, 5.74) is 0. The maximum absolute atomic E-state index is 11.9. The van der Waals surface area contributed by atoms with Crippen molar-refractivity contribution in [2.75, 3.05) is 13.7 Å². The lowest BCUT2D eigenvalue weighted by atomic mass is 10.2. The third kappa shape index (κ3) is 5.24. The van der Waals surface area contributed by atoms with Crippen molar-refractivity contribution in [3.63, 3.8) is 0 Å². The summed E-state index contributed by atoms with van der Waals surface area (Å²) in [6.45, 7) is 0.208. The summed E-state index contributed by atoms with van der Waals surface area (Å²) in [4.78, 5) is 14.5. The Morgan fingerprint density at radius 2 is 2.10 bits per heavy atom. The number of nitrogens with one attached hydrogen (secondary N) is 1. The van der Waals surface area contributed by atoms with Crippen LogP contribution in [0.25, 0.3) is 0 Å². The SMILES string of the molecule is COC(=O)CCCCNS(=O)(=O)c1cnc(Cl)c(Cl)c1. The number of carbonyl (C=O) groups excluding carboxylic acids is 1. The van der Waals surface area contributed by atoms with E-state index in [1.165, 1.54) is 13.2 Å². The van der Waals surface area contributed by atoms with Crippen molar-refractivity contribution in [3.8, 4) is 0 Å². The van der Waals surface area contributed by atoms with Gasteiger partial charge in [-0.1, -0.05) is 23.2 Å². The Morgan fingerprint density at radius 3 is 2.70 bits per heavy atom. The van der Waals surface area contributed by atoms with Crippen LogP contribution in [-0.2, 0) is 19.6 Å². The molecule has 0 bridgehead atoms. The van der Waals surface area contributed by atoms with E-state index in [1.807, 2.05) is 0 Å². The fourth-order valence-electron chi connectivity index (χ4n) is 1.34. The van der Waals surface area contributed by atoms with E-state index in [2.05, 4.69) is 14.4 Å². The lowest BCUT2D eigenvalue weighted by Crippen LogP contribution is -2.25.